The maximum Gasteiger partial charge on any atom is 0.229 e. The summed E-state index contributed by atoms with van der Waals surface area (Å²) in [5.41, 5.74) is 1.71. The molecule has 1 aromatic carbocycles. The Balaban J connectivity index is 2.12. The van der Waals surface area contributed by atoms with E-state index in [9.17, 15) is 4.79 Å². The Morgan fingerprint density at radius 3 is 2.72 bits per heavy atom. The van der Waals surface area contributed by atoms with Crippen molar-refractivity contribution in [3.63, 3.8) is 0 Å². The summed E-state index contributed by atoms with van der Waals surface area (Å²) in [6.07, 6.45) is 11.1. The maximum atomic E-state index is 12.4. The molecule has 1 amide bonds. The van der Waals surface area contributed by atoms with Crippen LogP contribution < -0.4 is 4.90 Å². The van der Waals surface area contributed by atoms with E-state index in [4.69, 9.17) is 6.42 Å². The lowest BCUT2D eigenvalue weighted by Crippen LogP contribution is -2.33. The fourth-order valence-electron chi connectivity index (χ4n) is 2.55. The molecule has 94 valence electrons. The summed E-state index contributed by atoms with van der Waals surface area (Å²) in [4.78, 5) is 14.1. The Morgan fingerprint density at radius 1 is 1.33 bits per heavy atom. The van der Waals surface area contributed by atoms with Gasteiger partial charge in [-0.25, -0.2) is 0 Å². The molecule has 18 heavy (non-hydrogen) atoms. The second-order valence-corrected chi connectivity index (χ2v) is 4.93. The summed E-state index contributed by atoms with van der Waals surface area (Å²) < 4.78 is 0. The van der Waals surface area contributed by atoms with E-state index in [2.05, 4.69) is 5.92 Å². The first-order valence-corrected chi connectivity index (χ1v) is 6.56. The highest BCUT2D eigenvalue weighted by molar-refractivity contribution is 5.94. The molecule has 2 heteroatoms. The fourth-order valence-corrected chi connectivity index (χ4v) is 2.55. The minimum absolute atomic E-state index is 0.193. The van der Waals surface area contributed by atoms with Gasteiger partial charge >= 0.3 is 0 Å². The van der Waals surface area contributed by atoms with Gasteiger partial charge in [0, 0.05) is 24.2 Å². The van der Waals surface area contributed by atoms with Gasteiger partial charge in [-0.3, -0.25) is 4.79 Å². The van der Waals surface area contributed by atoms with E-state index in [1.165, 1.54) is 19.3 Å². The number of anilines is 1. The number of benzene rings is 1. The molecule has 0 atom stereocenters. The van der Waals surface area contributed by atoms with Gasteiger partial charge < -0.3 is 4.90 Å². The SMILES string of the molecule is C#Cc1cccc(N(C)C(=O)C2CCCCC2)c1. The van der Waals surface area contributed by atoms with E-state index in [-0.39, 0.29) is 11.8 Å². The Morgan fingerprint density at radius 2 is 2.06 bits per heavy atom. The molecule has 1 aliphatic carbocycles. The molecule has 1 aromatic rings. The summed E-state index contributed by atoms with van der Waals surface area (Å²) in [6.45, 7) is 0. The maximum absolute atomic E-state index is 12.4. The predicted octanol–water partition coefficient (Wildman–Crippen LogP) is 3.21. The summed E-state index contributed by atoms with van der Waals surface area (Å²) in [5, 5.41) is 0. The molecule has 0 spiro atoms. The van der Waals surface area contributed by atoms with Crippen LogP contribution in [0.2, 0.25) is 0 Å². The van der Waals surface area contributed by atoms with Gasteiger partial charge in [-0.2, -0.15) is 0 Å². The van der Waals surface area contributed by atoms with Crippen LogP contribution in [0.5, 0.6) is 0 Å². The van der Waals surface area contributed by atoms with Gasteiger partial charge in [0.1, 0.15) is 0 Å². The average molecular weight is 241 g/mol. The smallest absolute Gasteiger partial charge is 0.229 e. The van der Waals surface area contributed by atoms with Crippen molar-refractivity contribution in [2.75, 3.05) is 11.9 Å². The van der Waals surface area contributed by atoms with Crippen LogP contribution in [0.3, 0.4) is 0 Å². The van der Waals surface area contributed by atoms with Crippen LogP contribution in [0.1, 0.15) is 37.7 Å². The van der Waals surface area contributed by atoms with Crippen LogP contribution in [0.4, 0.5) is 5.69 Å². The van der Waals surface area contributed by atoms with Gasteiger partial charge in [0.25, 0.3) is 0 Å². The minimum atomic E-state index is 0.193. The molecule has 1 fully saturated rings. The Hall–Kier alpha value is -1.75. The molecule has 0 aromatic heterocycles. The largest absolute Gasteiger partial charge is 0.315 e. The lowest BCUT2D eigenvalue weighted by Gasteiger charge is -2.26. The van der Waals surface area contributed by atoms with Crippen molar-refractivity contribution in [3.8, 4) is 12.3 Å². The lowest BCUT2D eigenvalue weighted by atomic mass is 9.88. The quantitative estimate of drug-likeness (QED) is 0.728. The first-order valence-electron chi connectivity index (χ1n) is 6.56. The van der Waals surface area contributed by atoms with Crippen molar-refractivity contribution < 1.29 is 4.79 Å². The van der Waals surface area contributed by atoms with Crippen molar-refractivity contribution in [1.82, 2.24) is 0 Å². The lowest BCUT2D eigenvalue weighted by molar-refractivity contribution is -0.123. The molecule has 0 heterocycles. The van der Waals surface area contributed by atoms with Gasteiger partial charge in [-0.15, -0.1) is 6.42 Å². The highest BCUT2D eigenvalue weighted by Crippen LogP contribution is 2.27. The molecule has 0 aliphatic heterocycles. The van der Waals surface area contributed by atoms with Crippen molar-refractivity contribution in [2.24, 2.45) is 5.92 Å². The predicted molar refractivity (Wildman–Crippen MR) is 74.4 cm³/mol. The van der Waals surface area contributed by atoms with Crippen LogP contribution >= 0.6 is 0 Å². The van der Waals surface area contributed by atoms with E-state index in [0.717, 1.165) is 24.1 Å². The molecular weight excluding hydrogens is 222 g/mol. The number of carbonyl (C=O) groups excluding carboxylic acids is 1. The molecule has 2 rings (SSSR count). The third kappa shape index (κ3) is 2.73. The van der Waals surface area contributed by atoms with Crippen molar-refractivity contribution in [2.45, 2.75) is 32.1 Å². The number of hydrogen-bond acceptors (Lipinski definition) is 1. The number of nitrogens with zero attached hydrogens (tertiary/aromatic N) is 1. The molecule has 0 unspecified atom stereocenters. The summed E-state index contributed by atoms with van der Waals surface area (Å²) in [6, 6.07) is 7.60. The van der Waals surface area contributed by atoms with Crippen LogP contribution in [-0.2, 0) is 4.79 Å². The zero-order valence-electron chi connectivity index (χ0n) is 10.9. The van der Waals surface area contributed by atoms with Gasteiger partial charge in [0.15, 0.2) is 0 Å². The highest BCUT2D eigenvalue weighted by atomic mass is 16.2. The van der Waals surface area contributed by atoms with E-state index in [1.807, 2.05) is 31.3 Å². The summed E-state index contributed by atoms with van der Waals surface area (Å²) in [7, 11) is 1.84. The van der Waals surface area contributed by atoms with Gasteiger partial charge in [0.2, 0.25) is 5.91 Å². The first-order chi connectivity index (χ1) is 8.72. The number of rotatable bonds is 2. The molecule has 1 saturated carbocycles. The van der Waals surface area contributed by atoms with Crippen LogP contribution in [-0.4, -0.2) is 13.0 Å². The van der Waals surface area contributed by atoms with E-state index in [0.29, 0.717) is 0 Å². The molecule has 1 aliphatic rings. The Kier molecular flexibility index (Phi) is 4.04. The van der Waals surface area contributed by atoms with Crippen LogP contribution in [0.15, 0.2) is 24.3 Å². The number of hydrogen-bond donors (Lipinski definition) is 0. The van der Waals surface area contributed by atoms with Gasteiger partial charge in [0.05, 0.1) is 0 Å². The molecule has 0 bridgehead atoms. The molecule has 0 N–H and O–H groups in total. The van der Waals surface area contributed by atoms with Gasteiger partial charge in [-0.05, 0) is 31.0 Å². The second-order valence-electron chi connectivity index (χ2n) is 4.93. The van der Waals surface area contributed by atoms with Crippen LogP contribution in [0.25, 0.3) is 0 Å². The number of carbonyl (C=O) groups is 1. The second kappa shape index (κ2) is 5.73. The third-order valence-electron chi connectivity index (χ3n) is 3.69. The molecule has 2 nitrogen and oxygen atoms in total. The van der Waals surface area contributed by atoms with E-state index >= 15 is 0 Å². The fraction of sp³-hybridized carbons (Fsp3) is 0.438. The van der Waals surface area contributed by atoms with Crippen LogP contribution in [0, 0.1) is 18.3 Å². The Labute approximate surface area is 109 Å². The zero-order chi connectivity index (χ0) is 13.0. The first kappa shape index (κ1) is 12.7. The van der Waals surface area contributed by atoms with Crippen molar-refractivity contribution in [3.05, 3.63) is 29.8 Å². The standard InChI is InChI=1S/C16H19NO/c1-3-13-8-7-11-15(12-13)17(2)16(18)14-9-5-4-6-10-14/h1,7-8,11-12,14H,4-6,9-10H2,2H3. The Bertz CT molecular complexity index is 466. The molecular formula is C16H19NO. The third-order valence-corrected chi connectivity index (χ3v) is 3.69. The van der Waals surface area contributed by atoms with E-state index < -0.39 is 0 Å². The van der Waals surface area contributed by atoms with Crippen molar-refractivity contribution in [1.29, 1.82) is 0 Å². The molecule has 0 radical (unpaired) electrons. The summed E-state index contributed by atoms with van der Waals surface area (Å²) in [5.74, 6) is 3.02. The topological polar surface area (TPSA) is 20.3 Å². The monoisotopic (exact) mass is 241 g/mol. The number of amides is 1. The minimum Gasteiger partial charge on any atom is -0.315 e. The van der Waals surface area contributed by atoms with E-state index in [1.54, 1.807) is 4.90 Å². The van der Waals surface area contributed by atoms with Gasteiger partial charge in [-0.1, -0.05) is 31.2 Å². The number of terminal acetylenes is 1. The molecule has 0 saturated heterocycles. The average Bonchev–Trinajstić information content (AvgIpc) is 2.46. The van der Waals surface area contributed by atoms with Crippen molar-refractivity contribution >= 4 is 11.6 Å². The highest BCUT2D eigenvalue weighted by Gasteiger charge is 2.24. The normalized spacial score (nSPS) is 16.0. The zero-order valence-corrected chi connectivity index (χ0v) is 10.9. The summed E-state index contributed by atoms with van der Waals surface area (Å²) >= 11 is 0.